The maximum Gasteiger partial charge on any atom is 0.0429 e. The van der Waals surface area contributed by atoms with Crippen LogP contribution in [0, 0.1) is 6.92 Å². The summed E-state index contributed by atoms with van der Waals surface area (Å²) in [5, 5.41) is 4.17. The van der Waals surface area contributed by atoms with E-state index in [0.717, 1.165) is 42.5 Å². The van der Waals surface area contributed by atoms with Gasteiger partial charge in [-0.2, -0.15) is 0 Å². The summed E-state index contributed by atoms with van der Waals surface area (Å²) < 4.78 is 0. The number of piperazine rings is 1. The van der Waals surface area contributed by atoms with Crippen molar-refractivity contribution < 1.29 is 0 Å². The Bertz CT molecular complexity index is 412. The predicted octanol–water partition coefficient (Wildman–Crippen LogP) is 2.87. The van der Waals surface area contributed by atoms with E-state index in [4.69, 9.17) is 17.3 Å². The maximum atomic E-state index is 6.06. The summed E-state index contributed by atoms with van der Waals surface area (Å²) in [6.45, 7) is 8.42. The molecule has 1 saturated heterocycles. The molecule has 3 nitrogen and oxygen atoms in total. The first-order valence-electron chi connectivity index (χ1n) is 6.06. The number of benzene rings is 1. The van der Waals surface area contributed by atoms with Crippen LogP contribution in [0.3, 0.4) is 0 Å². The van der Waals surface area contributed by atoms with E-state index in [-0.39, 0.29) is 24.8 Å². The highest BCUT2D eigenvalue weighted by molar-refractivity contribution is 6.31. The van der Waals surface area contributed by atoms with Crippen molar-refractivity contribution in [2.24, 2.45) is 0 Å². The standard InChI is InChI=1S/C13H20ClN3.2ClH/c1-9-7-17(4-3-16-9)8-11-5-12(14)6-13(15)10(11)2;;/h5-6,9,16H,3-4,7-8,15H2,1-2H3;2*1H/t9-;;/m0../s1. The number of anilines is 1. The minimum atomic E-state index is 0. The second kappa shape index (κ2) is 8.18. The number of nitrogen functional groups attached to an aromatic ring is 1. The van der Waals surface area contributed by atoms with Crippen LogP contribution >= 0.6 is 36.4 Å². The first-order valence-corrected chi connectivity index (χ1v) is 6.44. The van der Waals surface area contributed by atoms with Crippen LogP contribution in [0.25, 0.3) is 0 Å². The smallest absolute Gasteiger partial charge is 0.0429 e. The monoisotopic (exact) mass is 325 g/mol. The van der Waals surface area contributed by atoms with Gasteiger partial charge in [-0.3, -0.25) is 4.90 Å². The second-order valence-corrected chi connectivity index (χ2v) is 5.31. The van der Waals surface area contributed by atoms with Gasteiger partial charge in [0.2, 0.25) is 0 Å². The lowest BCUT2D eigenvalue weighted by atomic mass is 10.1. The van der Waals surface area contributed by atoms with E-state index in [1.807, 2.05) is 12.1 Å². The van der Waals surface area contributed by atoms with Crippen LogP contribution in [0.5, 0.6) is 0 Å². The molecule has 0 amide bonds. The molecule has 0 radical (unpaired) electrons. The fourth-order valence-electron chi connectivity index (χ4n) is 2.32. The third-order valence-corrected chi connectivity index (χ3v) is 3.59. The SMILES string of the molecule is Cc1c(N)cc(Cl)cc1CN1CCN[C@@H](C)C1.Cl.Cl. The van der Waals surface area contributed by atoms with Crippen molar-refractivity contribution in [1.29, 1.82) is 0 Å². The van der Waals surface area contributed by atoms with Crippen molar-refractivity contribution in [1.82, 2.24) is 10.2 Å². The van der Waals surface area contributed by atoms with Gasteiger partial charge < -0.3 is 11.1 Å². The van der Waals surface area contributed by atoms with E-state index >= 15 is 0 Å². The van der Waals surface area contributed by atoms with E-state index in [1.54, 1.807) is 0 Å². The molecule has 1 aliphatic heterocycles. The second-order valence-electron chi connectivity index (χ2n) is 4.87. The number of hydrogen-bond donors (Lipinski definition) is 2. The molecular weight excluding hydrogens is 305 g/mol. The van der Waals surface area contributed by atoms with E-state index in [0.29, 0.717) is 6.04 Å². The van der Waals surface area contributed by atoms with E-state index < -0.39 is 0 Å². The largest absolute Gasteiger partial charge is 0.398 e. The zero-order valence-corrected chi connectivity index (χ0v) is 13.7. The lowest BCUT2D eigenvalue weighted by molar-refractivity contribution is 0.199. The van der Waals surface area contributed by atoms with Gasteiger partial charge >= 0.3 is 0 Å². The summed E-state index contributed by atoms with van der Waals surface area (Å²) in [5.41, 5.74) is 9.12. The van der Waals surface area contributed by atoms with Crippen LogP contribution < -0.4 is 11.1 Å². The predicted molar refractivity (Wildman–Crippen MR) is 87.8 cm³/mol. The Kier molecular flexibility index (Phi) is 8.09. The number of rotatable bonds is 2. The summed E-state index contributed by atoms with van der Waals surface area (Å²) >= 11 is 6.06. The van der Waals surface area contributed by atoms with Gasteiger partial charge in [0, 0.05) is 42.9 Å². The lowest BCUT2D eigenvalue weighted by Crippen LogP contribution is -2.48. The molecule has 0 bridgehead atoms. The first-order chi connectivity index (χ1) is 8.06. The molecule has 0 aliphatic carbocycles. The minimum Gasteiger partial charge on any atom is -0.398 e. The summed E-state index contributed by atoms with van der Waals surface area (Å²) in [6, 6.07) is 4.40. The Morgan fingerprint density at radius 3 is 2.74 bits per heavy atom. The number of nitrogens with one attached hydrogen (secondary N) is 1. The van der Waals surface area contributed by atoms with Gasteiger partial charge in [0.15, 0.2) is 0 Å². The summed E-state index contributed by atoms with van der Waals surface area (Å²) in [4.78, 5) is 2.44. The third-order valence-electron chi connectivity index (χ3n) is 3.37. The highest BCUT2D eigenvalue weighted by Crippen LogP contribution is 2.23. The Hall–Kier alpha value is -0.190. The molecule has 0 unspecified atom stereocenters. The average molecular weight is 327 g/mol. The van der Waals surface area contributed by atoms with Gasteiger partial charge in [-0.1, -0.05) is 11.6 Å². The molecule has 19 heavy (non-hydrogen) atoms. The van der Waals surface area contributed by atoms with Crippen LogP contribution in [0.2, 0.25) is 5.02 Å². The van der Waals surface area contributed by atoms with Crippen molar-refractivity contribution in [3.63, 3.8) is 0 Å². The van der Waals surface area contributed by atoms with E-state index in [2.05, 4.69) is 24.1 Å². The molecular formula is C13H22Cl3N3. The zero-order chi connectivity index (χ0) is 12.4. The molecule has 110 valence electrons. The number of hydrogen-bond acceptors (Lipinski definition) is 3. The zero-order valence-electron chi connectivity index (χ0n) is 11.3. The van der Waals surface area contributed by atoms with E-state index in [1.165, 1.54) is 5.56 Å². The molecule has 1 aliphatic rings. The van der Waals surface area contributed by atoms with Crippen LogP contribution in [-0.2, 0) is 6.54 Å². The van der Waals surface area contributed by atoms with Crippen LogP contribution in [-0.4, -0.2) is 30.6 Å². The molecule has 2 rings (SSSR count). The number of halogens is 3. The van der Waals surface area contributed by atoms with Gasteiger partial charge in [-0.05, 0) is 37.1 Å². The molecule has 0 aromatic heterocycles. The minimum absolute atomic E-state index is 0. The quantitative estimate of drug-likeness (QED) is 0.821. The maximum absolute atomic E-state index is 6.06. The average Bonchev–Trinajstić information content (AvgIpc) is 2.25. The van der Waals surface area contributed by atoms with Crippen molar-refractivity contribution >= 4 is 42.1 Å². The molecule has 0 saturated carbocycles. The molecule has 1 atom stereocenters. The molecule has 3 N–H and O–H groups in total. The fraction of sp³-hybridized carbons (Fsp3) is 0.538. The summed E-state index contributed by atoms with van der Waals surface area (Å²) in [7, 11) is 0. The first kappa shape index (κ1) is 18.8. The third kappa shape index (κ3) is 5.01. The Morgan fingerprint density at radius 1 is 1.42 bits per heavy atom. The highest BCUT2D eigenvalue weighted by atomic mass is 35.5. The van der Waals surface area contributed by atoms with Crippen LogP contribution in [0.15, 0.2) is 12.1 Å². The lowest BCUT2D eigenvalue weighted by Gasteiger charge is -2.32. The van der Waals surface area contributed by atoms with Crippen LogP contribution in [0.1, 0.15) is 18.1 Å². The van der Waals surface area contributed by atoms with Gasteiger partial charge in [-0.15, -0.1) is 24.8 Å². The van der Waals surface area contributed by atoms with Gasteiger partial charge in [0.05, 0.1) is 0 Å². The van der Waals surface area contributed by atoms with Gasteiger partial charge in [0.25, 0.3) is 0 Å². The summed E-state index contributed by atoms with van der Waals surface area (Å²) in [5.74, 6) is 0. The molecule has 1 heterocycles. The molecule has 1 fully saturated rings. The van der Waals surface area contributed by atoms with Crippen LogP contribution in [0.4, 0.5) is 5.69 Å². The van der Waals surface area contributed by atoms with Gasteiger partial charge in [0.1, 0.15) is 0 Å². The van der Waals surface area contributed by atoms with Crippen molar-refractivity contribution in [3.8, 4) is 0 Å². The number of nitrogens with zero attached hydrogens (tertiary/aromatic N) is 1. The summed E-state index contributed by atoms with van der Waals surface area (Å²) in [6.07, 6.45) is 0. The van der Waals surface area contributed by atoms with Crippen molar-refractivity contribution in [2.45, 2.75) is 26.4 Å². The number of nitrogens with two attached hydrogens (primary N) is 1. The van der Waals surface area contributed by atoms with Crippen molar-refractivity contribution in [2.75, 3.05) is 25.4 Å². The Balaban J connectivity index is 0.00000162. The topological polar surface area (TPSA) is 41.3 Å². The normalized spacial score (nSPS) is 19.4. The fourth-order valence-corrected chi connectivity index (χ4v) is 2.57. The van der Waals surface area contributed by atoms with Crippen molar-refractivity contribution in [3.05, 3.63) is 28.3 Å². The van der Waals surface area contributed by atoms with Gasteiger partial charge in [-0.25, -0.2) is 0 Å². The highest BCUT2D eigenvalue weighted by Gasteiger charge is 2.16. The Morgan fingerprint density at radius 2 is 2.11 bits per heavy atom. The molecule has 1 aromatic rings. The van der Waals surface area contributed by atoms with E-state index in [9.17, 15) is 0 Å². The Labute approximate surface area is 132 Å². The molecule has 0 spiro atoms. The molecule has 1 aromatic carbocycles. The molecule has 6 heteroatoms.